The van der Waals surface area contributed by atoms with Crippen LogP contribution in [0.5, 0.6) is 34.5 Å². The maximum Gasteiger partial charge on any atom is 0.168 e. The number of hydrogen-bond donors (Lipinski definition) is 6. The van der Waals surface area contributed by atoms with Crippen LogP contribution in [0.4, 0.5) is 0 Å². The van der Waals surface area contributed by atoms with Gasteiger partial charge in [0.2, 0.25) is 0 Å². The zero-order valence-corrected chi connectivity index (χ0v) is 29.1. The number of furan rings is 1. The maximum absolute atomic E-state index is 11.1. The van der Waals surface area contributed by atoms with Gasteiger partial charge in [-0.2, -0.15) is 0 Å². The zero-order chi connectivity index (χ0) is 38.2. The fourth-order valence-corrected chi connectivity index (χ4v) is 7.51. The Morgan fingerprint density at radius 1 is 0.411 bits per heavy atom. The van der Waals surface area contributed by atoms with Crippen LogP contribution in [-0.4, -0.2) is 50.2 Å². The van der Waals surface area contributed by atoms with Crippen molar-refractivity contribution in [3.05, 3.63) is 133 Å². The minimum Gasteiger partial charge on any atom is -0.506 e. The molecule has 10 rings (SSSR count). The molecule has 56 heavy (non-hydrogen) atoms. The van der Waals surface area contributed by atoms with Crippen LogP contribution in [-0.2, 0) is 0 Å². The van der Waals surface area contributed by atoms with Crippen molar-refractivity contribution in [1.29, 1.82) is 0 Å². The molecule has 0 aliphatic rings. The number of benzene rings is 7. The second-order valence-electron chi connectivity index (χ2n) is 13.4. The van der Waals surface area contributed by atoms with E-state index in [1.807, 2.05) is 109 Å². The molecule has 0 radical (unpaired) electrons. The molecule has 0 unspecified atom stereocenters. The molecule has 0 aliphatic carbocycles. The topological polar surface area (TPSA) is 178 Å². The summed E-state index contributed by atoms with van der Waals surface area (Å²) in [5.74, 6) is -1.89. The fraction of sp³-hybridized carbons (Fsp3) is 0. The summed E-state index contributed by atoms with van der Waals surface area (Å²) in [6.07, 6.45) is 0. The van der Waals surface area contributed by atoms with Gasteiger partial charge in [0.1, 0.15) is 33.7 Å². The third-order valence-electron chi connectivity index (χ3n) is 10.0. The molecular formula is C45H28N4O7. The summed E-state index contributed by atoms with van der Waals surface area (Å²) in [5.41, 5.74) is 5.72. The van der Waals surface area contributed by atoms with E-state index in [0.29, 0.717) is 34.3 Å². The molecule has 0 bridgehead atoms. The molecule has 0 saturated carbocycles. The van der Waals surface area contributed by atoms with Gasteiger partial charge in [0.25, 0.3) is 0 Å². The molecule has 7 aromatic carbocycles. The smallest absolute Gasteiger partial charge is 0.168 e. The van der Waals surface area contributed by atoms with Crippen LogP contribution in [0.1, 0.15) is 0 Å². The fourth-order valence-electron chi connectivity index (χ4n) is 7.51. The van der Waals surface area contributed by atoms with E-state index in [-0.39, 0.29) is 21.8 Å². The van der Waals surface area contributed by atoms with Gasteiger partial charge in [0, 0.05) is 45.3 Å². The Bertz CT molecular complexity index is 3080. The molecule has 11 nitrogen and oxygen atoms in total. The number of aromatic hydroxyl groups is 6. The predicted molar refractivity (Wildman–Crippen MR) is 213 cm³/mol. The second-order valence-corrected chi connectivity index (χ2v) is 13.4. The van der Waals surface area contributed by atoms with Gasteiger partial charge in [-0.1, -0.05) is 91.0 Å². The Balaban J connectivity index is 1.17. The highest BCUT2D eigenvalue weighted by Crippen LogP contribution is 2.53. The lowest BCUT2D eigenvalue weighted by molar-refractivity contribution is 0.400. The highest BCUT2D eigenvalue weighted by molar-refractivity contribution is 6.19. The van der Waals surface area contributed by atoms with E-state index < -0.39 is 34.5 Å². The third kappa shape index (κ3) is 4.95. The monoisotopic (exact) mass is 736 g/mol. The van der Waals surface area contributed by atoms with Crippen molar-refractivity contribution in [2.45, 2.75) is 0 Å². The second kappa shape index (κ2) is 12.3. The van der Waals surface area contributed by atoms with E-state index in [1.54, 1.807) is 12.1 Å². The van der Waals surface area contributed by atoms with E-state index in [9.17, 15) is 30.6 Å². The molecule has 0 spiro atoms. The van der Waals surface area contributed by atoms with Crippen LogP contribution in [0.25, 0.3) is 94.7 Å². The molecule has 6 N–H and O–H groups in total. The van der Waals surface area contributed by atoms with Gasteiger partial charge >= 0.3 is 0 Å². The molecule has 0 saturated heterocycles. The Morgan fingerprint density at radius 3 is 1.55 bits per heavy atom. The van der Waals surface area contributed by atoms with E-state index >= 15 is 0 Å². The van der Waals surface area contributed by atoms with Gasteiger partial charge in [-0.3, -0.25) is 0 Å². The number of hydrogen-bond acceptors (Lipinski definition) is 10. The number of phenolic OH excluding ortho intramolecular Hbond substituents is 6. The highest BCUT2D eigenvalue weighted by atomic mass is 16.3. The number of nitrogens with zero attached hydrogens (tertiary/aromatic N) is 4. The lowest BCUT2D eigenvalue weighted by Crippen LogP contribution is -2.00. The zero-order valence-electron chi connectivity index (χ0n) is 29.1. The average molecular weight is 737 g/mol. The van der Waals surface area contributed by atoms with Gasteiger partial charge in [-0.25, -0.2) is 15.0 Å². The van der Waals surface area contributed by atoms with Crippen molar-refractivity contribution in [3.63, 3.8) is 0 Å². The van der Waals surface area contributed by atoms with Gasteiger partial charge in [-0.05, 0) is 41.5 Å². The van der Waals surface area contributed by atoms with Crippen LogP contribution in [0.15, 0.2) is 138 Å². The van der Waals surface area contributed by atoms with Crippen molar-refractivity contribution < 1.29 is 35.1 Å². The summed E-state index contributed by atoms with van der Waals surface area (Å²) in [7, 11) is 0. The maximum atomic E-state index is 11.1. The molecule has 0 fully saturated rings. The van der Waals surface area contributed by atoms with Crippen LogP contribution in [0.3, 0.4) is 0 Å². The van der Waals surface area contributed by atoms with Crippen LogP contribution < -0.4 is 0 Å². The van der Waals surface area contributed by atoms with Crippen LogP contribution in [0.2, 0.25) is 0 Å². The largest absolute Gasteiger partial charge is 0.506 e. The molecule has 3 aromatic heterocycles. The van der Waals surface area contributed by atoms with Gasteiger partial charge in [0.05, 0.1) is 10.8 Å². The first-order valence-electron chi connectivity index (χ1n) is 17.5. The number of fused-ring (bicyclic) bond motifs is 6. The van der Waals surface area contributed by atoms with E-state index in [2.05, 4.69) is 0 Å². The first-order valence-corrected chi connectivity index (χ1v) is 17.5. The molecule has 10 aromatic rings. The SMILES string of the molecule is Oc1cc(O)c2c(c1O)c1c(O)c(O)cc(O)c1n2-c1cccc(-c2ccc3oc4cccc(-c5nc(-c6ccccc6)nc(-c6ccccc6)n5)c4c3c2)c1. The number of rotatable bonds is 5. The molecular weight excluding hydrogens is 709 g/mol. The van der Waals surface area contributed by atoms with E-state index in [0.717, 1.165) is 50.7 Å². The molecule has 0 atom stereocenters. The number of phenols is 6. The van der Waals surface area contributed by atoms with Crippen molar-refractivity contribution in [2.75, 3.05) is 0 Å². The first-order chi connectivity index (χ1) is 27.2. The highest BCUT2D eigenvalue weighted by Gasteiger charge is 2.27. The minimum absolute atomic E-state index is 0.00772. The van der Waals surface area contributed by atoms with Crippen molar-refractivity contribution >= 4 is 43.7 Å². The summed E-state index contributed by atoms with van der Waals surface area (Å²) in [6.45, 7) is 0. The van der Waals surface area contributed by atoms with Gasteiger partial charge < -0.3 is 39.6 Å². The van der Waals surface area contributed by atoms with Crippen LogP contribution >= 0.6 is 0 Å². The van der Waals surface area contributed by atoms with Crippen molar-refractivity contribution in [2.24, 2.45) is 0 Å². The quantitative estimate of drug-likeness (QED) is 0.0736. The molecule has 11 heteroatoms. The average Bonchev–Trinajstić information content (AvgIpc) is 3.80. The third-order valence-corrected chi connectivity index (χ3v) is 10.0. The predicted octanol–water partition coefficient (Wildman–Crippen LogP) is 9.77. The molecule has 0 amide bonds. The van der Waals surface area contributed by atoms with Gasteiger partial charge in [0.15, 0.2) is 40.5 Å². The standard InChI is InChI=1S/C45H28N4O7/c50-30-21-32(52)41(54)37-38-40(31(51)22-33(53)42(38)55)49(39(30)37)27-14-7-13-25(19-27)26-17-18-34-29(20-26)36-28(15-8-16-35(36)56-34)45-47-43(23-9-3-1-4-10-23)46-44(48-45)24-11-5-2-6-12-24/h1-22,50-55H. The summed E-state index contributed by atoms with van der Waals surface area (Å²) in [4.78, 5) is 14.8. The summed E-state index contributed by atoms with van der Waals surface area (Å²) in [6, 6.07) is 40.3. The molecule has 0 aliphatic heterocycles. The Morgan fingerprint density at radius 2 is 0.946 bits per heavy atom. The molecule has 3 heterocycles. The van der Waals surface area contributed by atoms with Gasteiger partial charge in [-0.15, -0.1) is 0 Å². The lowest BCUT2D eigenvalue weighted by atomic mass is 10.00. The van der Waals surface area contributed by atoms with E-state index in [1.165, 1.54) is 4.57 Å². The van der Waals surface area contributed by atoms with E-state index in [4.69, 9.17) is 19.4 Å². The summed E-state index contributed by atoms with van der Waals surface area (Å²) in [5, 5.41) is 66.1. The summed E-state index contributed by atoms with van der Waals surface area (Å²) >= 11 is 0. The number of aromatic nitrogens is 4. The normalized spacial score (nSPS) is 11.6. The Kier molecular flexibility index (Phi) is 7.13. The van der Waals surface area contributed by atoms with Crippen molar-refractivity contribution in [1.82, 2.24) is 19.5 Å². The Hall–Kier alpha value is -8.05. The minimum atomic E-state index is -0.644. The summed E-state index contributed by atoms with van der Waals surface area (Å²) < 4.78 is 7.82. The Labute approximate surface area is 316 Å². The lowest BCUT2D eigenvalue weighted by Gasteiger charge is -2.12. The van der Waals surface area contributed by atoms with Crippen molar-refractivity contribution in [3.8, 4) is 85.5 Å². The molecule has 270 valence electrons. The first kappa shape index (κ1) is 32.6. The van der Waals surface area contributed by atoms with Crippen LogP contribution in [0, 0.1) is 0 Å².